The lowest BCUT2D eigenvalue weighted by atomic mass is 9.86. The Labute approximate surface area is 442 Å². The van der Waals surface area contributed by atoms with Gasteiger partial charge in [-0.25, -0.2) is 9.97 Å². The largest absolute Gasteiger partial charge is 0.490 e. The number of aliphatic hydroxyl groups excluding tert-OH is 3. The van der Waals surface area contributed by atoms with E-state index >= 15 is 0 Å². The van der Waals surface area contributed by atoms with E-state index in [0.717, 1.165) is 77.4 Å². The van der Waals surface area contributed by atoms with Crippen LogP contribution in [0.3, 0.4) is 0 Å². The number of hydrogen-bond acceptors (Lipinski definition) is 18. The van der Waals surface area contributed by atoms with E-state index in [1.165, 1.54) is 32.1 Å². The average molecular weight is 1050 g/mol. The van der Waals surface area contributed by atoms with Gasteiger partial charge in [-0.3, -0.25) is 9.59 Å². The second-order valence-electron chi connectivity index (χ2n) is 20.0. The SMILES string of the molecule is CCc1cc(-c2noc(-c3cc(OC)nc(C4CCCCC4)c3)n2)cc(C)c1OCC(O)CNC(=O)C(O)C(C)(O)C(=O)NCC(O)COc1c(C)cc(-c2noc(-c3cc(OC)nc(C4CCCC4)c3)n2)cc1CC. The van der Waals surface area contributed by atoms with Crippen LogP contribution in [0.4, 0.5) is 0 Å². The minimum absolute atomic E-state index is 0.229. The van der Waals surface area contributed by atoms with Crippen molar-refractivity contribution in [1.29, 1.82) is 0 Å². The van der Waals surface area contributed by atoms with Crippen LogP contribution in [0.15, 0.2) is 57.6 Å². The summed E-state index contributed by atoms with van der Waals surface area (Å²) in [6, 6.07) is 15.1. The maximum atomic E-state index is 13.1. The summed E-state index contributed by atoms with van der Waals surface area (Å²) in [7, 11) is 3.17. The number of methoxy groups -OCH3 is 2. The molecule has 6 aromatic rings. The van der Waals surface area contributed by atoms with E-state index in [4.69, 9.17) is 42.9 Å². The number of ether oxygens (including phenoxy) is 4. The van der Waals surface area contributed by atoms with Crippen molar-refractivity contribution in [2.75, 3.05) is 40.5 Å². The lowest BCUT2D eigenvalue weighted by Crippen LogP contribution is -2.59. The smallest absolute Gasteiger partial charge is 0.258 e. The Morgan fingerprint density at radius 1 is 0.632 bits per heavy atom. The molecular weight excluding hydrogens is 977 g/mol. The second kappa shape index (κ2) is 24.8. The number of hydrogen-bond donors (Lipinski definition) is 6. The van der Waals surface area contributed by atoms with E-state index in [2.05, 4.69) is 25.9 Å². The van der Waals surface area contributed by atoms with Gasteiger partial charge in [0.25, 0.3) is 23.6 Å². The number of nitrogens with one attached hydrogen (secondary N) is 2. The topological polar surface area (TPSA) is 280 Å². The fourth-order valence-electron chi connectivity index (χ4n) is 9.91. The monoisotopic (exact) mass is 1050 g/mol. The first kappa shape index (κ1) is 55.2. The normalized spacial score (nSPS) is 16.1. The van der Waals surface area contributed by atoms with Crippen LogP contribution in [-0.2, 0) is 22.4 Å². The van der Waals surface area contributed by atoms with Gasteiger partial charge in [-0.05, 0) is 118 Å². The summed E-state index contributed by atoms with van der Waals surface area (Å²) in [5.41, 5.74) is 5.30. The Bertz CT molecular complexity index is 2960. The van der Waals surface area contributed by atoms with Gasteiger partial charge < -0.3 is 59.1 Å². The van der Waals surface area contributed by atoms with Crippen LogP contribution < -0.4 is 29.6 Å². The van der Waals surface area contributed by atoms with Gasteiger partial charge in [0.15, 0.2) is 11.7 Å². The summed E-state index contributed by atoms with van der Waals surface area (Å²) >= 11 is 0. The first-order chi connectivity index (χ1) is 36.6. The van der Waals surface area contributed by atoms with Crippen LogP contribution >= 0.6 is 0 Å². The molecule has 20 nitrogen and oxygen atoms in total. The molecule has 4 unspecified atom stereocenters. The van der Waals surface area contributed by atoms with Gasteiger partial charge in [-0.1, -0.05) is 56.3 Å². The molecule has 76 heavy (non-hydrogen) atoms. The molecule has 4 atom stereocenters. The maximum Gasteiger partial charge on any atom is 0.258 e. The molecule has 0 radical (unpaired) electrons. The molecule has 6 N–H and O–H groups in total. The van der Waals surface area contributed by atoms with Crippen molar-refractivity contribution in [3.63, 3.8) is 0 Å². The van der Waals surface area contributed by atoms with Gasteiger partial charge in [0.1, 0.15) is 36.9 Å². The van der Waals surface area contributed by atoms with Gasteiger partial charge in [0.2, 0.25) is 23.4 Å². The number of pyridine rings is 2. The highest BCUT2D eigenvalue weighted by Gasteiger charge is 2.43. The van der Waals surface area contributed by atoms with Crippen molar-refractivity contribution < 1.29 is 58.0 Å². The van der Waals surface area contributed by atoms with Crippen LogP contribution in [-0.4, -0.2) is 127 Å². The van der Waals surface area contributed by atoms with Crippen molar-refractivity contribution in [2.45, 2.75) is 141 Å². The number of rotatable bonds is 23. The number of aryl methyl sites for hydroxylation is 4. The van der Waals surface area contributed by atoms with Gasteiger partial charge in [0, 0.05) is 70.7 Å². The molecule has 8 rings (SSSR count). The summed E-state index contributed by atoms with van der Waals surface area (Å²) in [6.07, 6.45) is 6.65. The minimum atomic E-state index is -2.61. The van der Waals surface area contributed by atoms with Crippen LogP contribution in [0.2, 0.25) is 0 Å². The number of nitrogens with zero attached hydrogens (tertiary/aromatic N) is 6. The predicted octanol–water partition coefficient (Wildman–Crippen LogP) is 6.90. The molecule has 0 bridgehead atoms. The van der Waals surface area contributed by atoms with Crippen molar-refractivity contribution >= 4 is 11.8 Å². The first-order valence-electron chi connectivity index (χ1n) is 26.2. The van der Waals surface area contributed by atoms with Crippen LogP contribution in [0.1, 0.15) is 124 Å². The van der Waals surface area contributed by atoms with Gasteiger partial charge in [0.05, 0.1) is 14.2 Å². The highest BCUT2D eigenvalue weighted by molar-refractivity contribution is 5.93. The van der Waals surface area contributed by atoms with Gasteiger partial charge in [-0.15, -0.1) is 0 Å². The fraction of sp³-hybridized carbons (Fsp3) is 0.500. The Morgan fingerprint density at radius 3 is 1.50 bits per heavy atom. The summed E-state index contributed by atoms with van der Waals surface area (Å²) in [5.74, 6) is 1.99. The summed E-state index contributed by atoms with van der Waals surface area (Å²) < 4.78 is 34.6. The quantitative estimate of drug-likeness (QED) is 0.0381. The molecule has 4 aromatic heterocycles. The van der Waals surface area contributed by atoms with Crippen LogP contribution in [0, 0.1) is 13.8 Å². The highest BCUT2D eigenvalue weighted by Crippen LogP contribution is 2.39. The molecule has 2 aliphatic rings. The zero-order valence-corrected chi connectivity index (χ0v) is 44.4. The third-order valence-electron chi connectivity index (χ3n) is 14.3. The van der Waals surface area contributed by atoms with E-state index in [0.29, 0.717) is 82.5 Å². The molecule has 2 saturated carbocycles. The number of benzene rings is 2. The van der Waals surface area contributed by atoms with Gasteiger partial charge >= 0.3 is 0 Å². The van der Waals surface area contributed by atoms with Crippen molar-refractivity contribution in [3.8, 4) is 68.9 Å². The Balaban J connectivity index is 0.800. The number of aromatic nitrogens is 6. The summed E-state index contributed by atoms with van der Waals surface area (Å²) in [5, 5.41) is 56.7. The standard InChI is InChI=1S/C56H70N8O12/c1-8-33-21-37(50-61-53(75-63-50)39-23-43(59-45(25-39)71-6)35-15-11-10-12-16-35)19-31(3)47(33)73-29-41(65)27-57-52(68)49(67)56(5,70)55(69)58-28-42(66)30-74-48-32(4)20-38(22-34(48)9-2)51-62-54(76-64-51)40-24-44(36-17-13-14-18-36)60-46(26-40)72-7/h19-26,35-36,41-42,49,65-67,70H,8-18,27-30H2,1-7H3,(H,57,68)(H,58,69). The zero-order valence-electron chi connectivity index (χ0n) is 44.4. The molecular formula is C56H70N8O12. The highest BCUT2D eigenvalue weighted by atomic mass is 16.5. The first-order valence-corrected chi connectivity index (χ1v) is 26.2. The molecule has 406 valence electrons. The molecule has 0 saturated heterocycles. The molecule has 2 amide bonds. The zero-order chi connectivity index (χ0) is 54.1. The predicted molar refractivity (Wildman–Crippen MR) is 280 cm³/mol. The molecule has 0 aliphatic heterocycles. The third-order valence-corrected chi connectivity index (χ3v) is 14.3. The lowest BCUT2D eigenvalue weighted by molar-refractivity contribution is -0.160. The van der Waals surface area contributed by atoms with E-state index in [-0.39, 0.29) is 26.3 Å². The fourth-order valence-corrected chi connectivity index (χ4v) is 9.91. The number of aliphatic hydroxyl groups is 4. The van der Waals surface area contributed by atoms with Crippen molar-refractivity contribution in [1.82, 2.24) is 40.9 Å². The molecule has 4 heterocycles. The number of carbonyl (C=O) groups is 2. The van der Waals surface area contributed by atoms with E-state index in [1.807, 2.05) is 64.1 Å². The Kier molecular flexibility index (Phi) is 18.0. The number of carbonyl (C=O) groups excluding carboxylic acids is 2. The third kappa shape index (κ3) is 13.0. The molecule has 2 aliphatic carbocycles. The lowest BCUT2D eigenvalue weighted by Gasteiger charge is -2.28. The average Bonchev–Trinajstić information content (AvgIpc) is 4.27. The van der Waals surface area contributed by atoms with Crippen LogP contribution in [0.25, 0.3) is 45.7 Å². The van der Waals surface area contributed by atoms with E-state index in [1.54, 1.807) is 26.4 Å². The summed E-state index contributed by atoms with van der Waals surface area (Å²) in [6.45, 7) is 7.41. The minimum Gasteiger partial charge on any atom is -0.490 e. The maximum absolute atomic E-state index is 13.1. The number of amides is 2. The Morgan fingerprint density at radius 2 is 1.07 bits per heavy atom. The van der Waals surface area contributed by atoms with E-state index in [9.17, 15) is 30.0 Å². The molecule has 2 aromatic carbocycles. The molecule has 0 spiro atoms. The van der Waals surface area contributed by atoms with Crippen molar-refractivity contribution in [3.05, 3.63) is 82.2 Å². The summed E-state index contributed by atoms with van der Waals surface area (Å²) in [4.78, 5) is 44.9. The second-order valence-corrected chi connectivity index (χ2v) is 20.0. The molecule has 2 fully saturated rings. The van der Waals surface area contributed by atoms with Gasteiger partial charge in [-0.2, -0.15) is 9.97 Å². The van der Waals surface area contributed by atoms with E-state index < -0.39 is 35.7 Å². The Hall–Kier alpha value is -7.00. The van der Waals surface area contributed by atoms with Crippen LogP contribution in [0.5, 0.6) is 23.3 Å². The molecule has 20 heteroatoms. The van der Waals surface area contributed by atoms with Crippen molar-refractivity contribution in [2.24, 2.45) is 0 Å².